The molecule has 0 N–H and O–H groups in total. The van der Waals surface area contributed by atoms with Crippen LogP contribution in [0.15, 0.2) is 0 Å². The van der Waals surface area contributed by atoms with Gasteiger partial charge >= 0.3 is 6.16 Å². The van der Waals surface area contributed by atoms with Crippen molar-refractivity contribution in [1.82, 2.24) is 5.32 Å². The van der Waals surface area contributed by atoms with Gasteiger partial charge in [-0.05, 0) is 19.3 Å². The van der Waals surface area contributed by atoms with Crippen LogP contribution in [0.2, 0.25) is 0 Å². The molecule has 1 atom stereocenters. The van der Waals surface area contributed by atoms with E-state index in [9.17, 15) is 4.79 Å². The van der Waals surface area contributed by atoms with Crippen LogP contribution in [-0.4, -0.2) is 25.0 Å². The molecule has 0 bridgehead atoms. The van der Waals surface area contributed by atoms with Crippen LogP contribution in [-0.2, 0) is 9.47 Å². The summed E-state index contributed by atoms with van der Waals surface area (Å²) in [4.78, 5) is 11.2. The van der Waals surface area contributed by atoms with Crippen LogP contribution in [0.5, 0.6) is 0 Å². The highest BCUT2D eigenvalue weighted by molar-refractivity contribution is 5.60. The third-order valence-corrected chi connectivity index (χ3v) is 2.35. The van der Waals surface area contributed by atoms with Crippen molar-refractivity contribution < 1.29 is 14.3 Å². The minimum absolute atomic E-state index is 0.0242. The molecule has 0 aliphatic carbocycles. The molecule has 1 heterocycles. The van der Waals surface area contributed by atoms with Crippen molar-refractivity contribution in [2.75, 3.05) is 6.54 Å². The smallest absolute Gasteiger partial charge is 0.431 e. The van der Waals surface area contributed by atoms with E-state index in [0.717, 1.165) is 32.2 Å². The maximum Gasteiger partial charge on any atom is 0.510 e. The lowest BCUT2D eigenvalue weighted by atomic mass is 10.2. The molecule has 1 aliphatic heterocycles. The van der Waals surface area contributed by atoms with E-state index in [1.807, 2.05) is 13.8 Å². The molecule has 1 saturated heterocycles. The van der Waals surface area contributed by atoms with Gasteiger partial charge in [-0.25, -0.2) is 10.1 Å². The van der Waals surface area contributed by atoms with E-state index in [2.05, 4.69) is 5.32 Å². The summed E-state index contributed by atoms with van der Waals surface area (Å²) >= 11 is 0. The van der Waals surface area contributed by atoms with Crippen molar-refractivity contribution in [3.05, 3.63) is 0 Å². The molecule has 4 heteroatoms. The second-order valence-corrected chi connectivity index (χ2v) is 3.43. The summed E-state index contributed by atoms with van der Waals surface area (Å²) in [5, 5.41) is 4.11. The normalized spacial score (nSPS) is 21.2. The summed E-state index contributed by atoms with van der Waals surface area (Å²) in [6.45, 7) is 4.77. The summed E-state index contributed by atoms with van der Waals surface area (Å²) in [6.07, 6.45) is 2.62. The molecule has 0 spiro atoms. The molecule has 4 nitrogen and oxygen atoms in total. The average Bonchev–Trinajstić information content (AvgIpc) is 2.66. The molecule has 1 radical (unpaired) electrons. The lowest BCUT2D eigenvalue weighted by Crippen LogP contribution is -2.25. The summed E-state index contributed by atoms with van der Waals surface area (Å²) in [5.74, 6) is 0. The molecule has 14 heavy (non-hydrogen) atoms. The summed E-state index contributed by atoms with van der Waals surface area (Å²) in [6, 6.07) is 0. The Morgan fingerprint density at radius 3 is 2.71 bits per heavy atom. The monoisotopic (exact) mass is 200 g/mol. The van der Waals surface area contributed by atoms with Crippen molar-refractivity contribution in [3.8, 4) is 0 Å². The van der Waals surface area contributed by atoms with Gasteiger partial charge in [0.05, 0.1) is 0 Å². The van der Waals surface area contributed by atoms with Gasteiger partial charge in [-0.1, -0.05) is 13.8 Å². The molecule has 1 aliphatic rings. The molecule has 0 aromatic carbocycles. The van der Waals surface area contributed by atoms with Crippen molar-refractivity contribution in [2.24, 2.45) is 0 Å². The molecule has 81 valence electrons. The van der Waals surface area contributed by atoms with Crippen molar-refractivity contribution in [3.63, 3.8) is 0 Å². The Labute approximate surface area is 85.0 Å². The Kier molecular flexibility index (Phi) is 4.73. The second kappa shape index (κ2) is 5.86. The predicted octanol–water partition coefficient (Wildman–Crippen LogP) is 2.05. The highest BCUT2D eigenvalue weighted by Crippen LogP contribution is 2.11. The molecule has 1 unspecified atom stereocenters. The third-order valence-electron chi connectivity index (χ3n) is 2.35. The standard InChI is InChI=1S/C10H18NO3/c1-3-8(4-2)13-10(12)14-9-6-5-7-11-9/h8-9H,3-7H2,1-2H3. The predicted molar refractivity (Wildman–Crippen MR) is 52.0 cm³/mol. The van der Waals surface area contributed by atoms with Gasteiger partial charge in [-0.3, -0.25) is 0 Å². The first-order chi connectivity index (χ1) is 6.76. The van der Waals surface area contributed by atoms with Crippen LogP contribution in [0.1, 0.15) is 39.5 Å². The first-order valence-corrected chi connectivity index (χ1v) is 5.30. The molecule has 0 aromatic rings. The molecule has 1 fully saturated rings. The number of hydrogen-bond donors (Lipinski definition) is 0. The molecule has 1 rings (SSSR count). The first kappa shape index (κ1) is 11.3. The fourth-order valence-electron chi connectivity index (χ4n) is 1.42. The highest BCUT2D eigenvalue weighted by Gasteiger charge is 2.21. The van der Waals surface area contributed by atoms with E-state index in [4.69, 9.17) is 9.47 Å². The van der Waals surface area contributed by atoms with Gasteiger partial charge in [0.1, 0.15) is 6.10 Å². The van der Waals surface area contributed by atoms with E-state index in [1.165, 1.54) is 0 Å². The van der Waals surface area contributed by atoms with Gasteiger partial charge in [0, 0.05) is 13.0 Å². The number of rotatable bonds is 4. The van der Waals surface area contributed by atoms with E-state index in [-0.39, 0.29) is 12.3 Å². The zero-order valence-electron chi connectivity index (χ0n) is 8.86. The Morgan fingerprint density at radius 2 is 2.21 bits per heavy atom. The second-order valence-electron chi connectivity index (χ2n) is 3.43. The van der Waals surface area contributed by atoms with Crippen LogP contribution >= 0.6 is 0 Å². The summed E-state index contributed by atoms with van der Waals surface area (Å²) in [7, 11) is 0. The summed E-state index contributed by atoms with van der Waals surface area (Å²) in [5.41, 5.74) is 0. The zero-order chi connectivity index (χ0) is 10.4. The van der Waals surface area contributed by atoms with Crippen LogP contribution in [0, 0.1) is 0 Å². The minimum Gasteiger partial charge on any atom is -0.431 e. The van der Waals surface area contributed by atoms with Crippen LogP contribution in [0.3, 0.4) is 0 Å². The van der Waals surface area contributed by atoms with Crippen LogP contribution < -0.4 is 5.32 Å². The van der Waals surface area contributed by atoms with Gasteiger partial charge in [0.2, 0.25) is 0 Å². The van der Waals surface area contributed by atoms with Crippen molar-refractivity contribution >= 4 is 6.16 Å². The average molecular weight is 200 g/mol. The number of hydrogen-bond acceptors (Lipinski definition) is 3. The maximum atomic E-state index is 11.2. The van der Waals surface area contributed by atoms with Crippen molar-refractivity contribution in [2.45, 2.75) is 51.9 Å². The number of nitrogens with zero attached hydrogens (tertiary/aromatic N) is 1. The number of ether oxygens (including phenoxy) is 2. The van der Waals surface area contributed by atoms with Crippen molar-refractivity contribution in [1.29, 1.82) is 0 Å². The lowest BCUT2D eigenvalue weighted by Gasteiger charge is -2.15. The highest BCUT2D eigenvalue weighted by atomic mass is 16.7. The Balaban J connectivity index is 2.20. The summed E-state index contributed by atoms with van der Waals surface area (Å²) < 4.78 is 10.1. The molecular weight excluding hydrogens is 182 g/mol. The maximum absolute atomic E-state index is 11.2. The molecule has 0 saturated carbocycles. The Bertz CT molecular complexity index is 168. The Morgan fingerprint density at radius 1 is 1.50 bits per heavy atom. The molecule has 0 aromatic heterocycles. The first-order valence-electron chi connectivity index (χ1n) is 5.30. The van der Waals surface area contributed by atoms with Gasteiger partial charge in [0.25, 0.3) is 0 Å². The zero-order valence-corrected chi connectivity index (χ0v) is 8.86. The molecular formula is C10H18NO3. The number of carbonyl (C=O) groups is 1. The fraction of sp³-hybridized carbons (Fsp3) is 0.900. The molecule has 0 amide bonds. The fourth-order valence-corrected chi connectivity index (χ4v) is 1.42. The minimum atomic E-state index is -0.575. The van der Waals surface area contributed by atoms with E-state index in [0.29, 0.717) is 0 Å². The van der Waals surface area contributed by atoms with E-state index >= 15 is 0 Å². The topological polar surface area (TPSA) is 49.6 Å². The van der Waals surface area contributed by atoms with Crippen LogP contribution in [0.4, 0.5) is 4.79 Å². The van der Waals surface area contributed by atoms with E-state index in [1.54, 1.807) is 0 Å². The number of carbonyl (C=O) groups excluding carboxylic acids is 1. The largest absolute Gasteiger partial charge is 0.510 e. The quantitative estimate of drug-likeness (QED) is 0.652. The SMILES string of the molecule is CCC(CC)OC(=O)OC1CCC[N]1. The van der Waals surface area contributed by atoms with Gasteiger partial charge in [0.15, 0.2) is 6.23 Å². The lowest BCUT2D eigenvalue weighted by molar-refractivity contribution is -0.00796. The Hall–Kier alpha value is -0.770. The van der Waals surface area contributed by atoms with Gasteiger partial charge in [-0.2, -0.15) is 0 Å². The van der Waals surface area contributed by atoms with Gasteiger partial charge < -0.3 is 9.47 Å². The van der Waals surface area contributed by atoms with Gasteiger partial charge in [-0.15, -0.1) is 0 Å². The van der Waals surface area contributed by atoms with E-state index < -0.39 is 6.16 Å². The third kappa shape index (κ3) is 3.54. The van der Waals surface area contributed by atoms with Crippen LogP contribution in [0.25, 0.3) is 0 Å².